The molecule has 7 nitrogen and oxygen atoms in total. The van der Waals surface area contributed by atoms with Gasteiger partial charge in [0.25, 0.3) is 5.91 Å². The highest BCUT2D eigenvalue weighted by Gasteiger charge is 2.56. The van der Waals surface area contributed by atoms with Crippen LogP contribution in [0.1, 0.15) is 72.8 Å². The van der Waals surface area contributed by atoms with Crippen LogP contribution in [0, 0.1) is 0 Å². The minimum absolute atomic E-state index is 0.0456. The zero-order valence-electron chi connectivity index (χ0n) is 17.7. The maximum Gasteiger partial charge on any atom is 0.254 e. The molecule has 1 aliphatic carbocycles. The Bertz CT molecular complexity index is 938. The highest BCUT2D eigenvalue weighted by Crippen LogP contribution is 2.51. The molecule has 2 aliphatic rings. The summed E-state index contributed by atoms with van der Waals surface area (Å²) in [6, 6.07) is 7.62. The lowest BCUT2D eigenvalue weighted by molar-refractivity contribution is -0.121. The summed E-state index contributed by atoms with van der Waals surface area (Å²) >= 11 is 1.31. The molecular weight excluding hydrogens is 400 g/mol. The molecule has 2 atom stereocenters. The Labute approximate surface area is 180 Å². The second kappa shape index (κ2) is 8.43. The molecule has 1 aromatic carbocycles. The molecule has 8 heteroatoms. The van der Waals surface area contributed by atoms with Crippen LogP contribution in [0.25, 0.3) is 0 Å². The van der Waals surface area contributed by atoms with Crippen molar-refractivity contribution in [3.8, 4) is 0 Å². The van der Waals surface area contributed by atoms with Gasteiger partial charge in [0.1, 0.15) is 11.6 Å². The van der Waals surface area contributed by atoms with E-state index in [1.165, 1.54) is 11.3 Å². The van der Waals surface area contributed by atoms with Crippen molar-refractivity contribution in [1.82, 2.24) is 15.1 Å². The molecule has 4 rings (SSSR count). The summed E-state index contributed by atoms with van der Waals surface area (Å²) in [7, 11) is 1.60. The van der Waals surface area contributed by atoms with Gasteiger partial charge in [-0.05, 0) is 37.8 Å². The van der Waals surface area contributed by atoms with Crippen LogP contribution in [0.4, 0.5) is 5.13 Å². The number of nitrogens with zero attached hydrogens (tertiary/aromatic N) is 3. The first kappa shape index (κ1) is 20.9. The number of hydrogen-bond donors (Lipinski definition) is 1. The molecule has 30 heavy (non-hydrogen) atoms. The molecule has 2 aromatic rings. The van der Waals surface area contributed by atoms with Gasteiger partial charge >= 0.3 is 0 Å². The van der Waals surface area contributed by atoms with E-state index in [9.17, 15) is 9.59 Å². The van der Waals surface area contributed by atoms with Crippen LogP contribution in [0.5, 0.6) is 0 Å². The van der Waals surface area contributed by atoms with Gasteiger partial charge in [-0.3, -0.25) is 14.9 Å². The van der Waals surface area contributed by atoms with E-state index >= 15 is 0 Å². The lowest BCUT2D eigenvalue weighted by atomic mass is 9.70. The number of methoxy groups -OCH3 is 1. The van der Waals surface area contributed by atoms with Crippen LogP contribution in [-0.4, -0.2) is 45.6 Å². The normalized spacial score (nSPS) is 21.0. The lowest BCUT2D eigenvalue weighted by Gasteiger charge is -2.52. The maximum absolute atomic E-state index is 13.7. The largest absolute Gasteiger partial charge is 0.377 e. The third kappa shape index (κ3) is 3.41. The highest BCUT2D eigenvalue weighted by atomic mass is 32.1. The number of ether oxygens (including phenoxy) is 1. The average Bonchev–Trinajstić information content (AvgIpc) is 3.38. The van der Waals surface area contributed by atoms with Gasteiger partial charge in [-0.2, -0.15) is 0 Å². The van der Waals surface area contributed by atoms with Crippen LogP contribution in [-0.2, 0) is 16.1 Å². The first-order valence-corrected chi connectivity index (χ1v) is 11.4. The van der Waals surface area contributed by atoms with Crippen LogP contribution in [0.3, 0.4) is 0 Å². The van der Waals surface area contributed by atoms with Crippen LogP contribution >= 0.6 is 11.3 Å². The van der Waals surface area contributed by atoms with Crippen molar-refractivity contribution in [1.29, 1.82) is 0 Å². The summed E-state index contributed by atoms with van der Waals surface area (Å²) in [5.41, 5.74) is 0.959. The number of hydrogen-bond acceptors (Lipinski definition) is 6. The van der Waals surface area contributed by atoms with Crippen molar-refractivity contribution >= 4 is 28.3 Å². The first-order chi connectivity index (χ1) is 14.5. The second-order valence-electron chi connectivity index (χ2n) is 8.19. The zero-order chi connectivity index (χ0) is 21.3. The second-order valence-corrected chi connectivity index (χ2v) is 9.25. The van der Waals surface area contributed by atoms with Crippen LogP contribution < -0.4 is 5.32 Å². The molecule has 0 unspecified atom stereocenters. The van der Waals surface area contributed by atoms with Gasteiger partial charge in [-0.15, -0.1) is 10.2 Å². The Kier molecular flexibility index (Phi) is 5.88. The number of fused-ring (bicyclic) bond motifs is 1. The molecule has 1 saturated carbocycles. The summed E-state index contributed by atoms with van der Waals surface area (Å²) in [6.07, 6.45) is 4.55. The van der Waals surface area contributed by atoms with Gasteiger partial charge < -0.3 is 9.64 Å². The Morgan fingerprint density at radius 2 is 2.07 bits per heavy atom. The molecule has 1 aromatic heterocycles. The molecule has 1 spiro atoms. The van der Waals surface area contributed by atoms with E-state index < -0.39 is 11.5 Å². The van der Waals surface area contributed by atoms with Gasteiger partial charge in [0, 0.05) is 18.7 Å². The summed E-state index contributed by atoms with van der Waals surface area (Å²) in [5.74, 6) is -0.507. The molecular formula is C22H28N4O3S. The third-order valence-electron chi connectivity index (χ3n) is 6.47. The molecule has 2 heterocycles. The Hall–Kier alpha value is -2.32. The number of rotatable bonds is 6. The topological polar surface area (TPSA) is 84.4 Å². The van der Waals surface area contributed by atoms with Crippen molar-refractivity contribution in [2.45, 2.75) is 70.1 Å². The fourth-order valence-electron chi connectivity index (χ4n) is 5.09. The number of anilines is 1. The number of aromatic nitrogens is 2. The van der Waals surface area contributed by atoms with Gasteiger partial charge in [-0.25, -0.2) is 0 Å². The van der Waals surface area contributed by atoms with Gasteiger partial charge in [0.15, 0.2) is 0 Å². The van der Waals surface area contributed by atoms with Crippen molar-refractivity contribution in [3.63, 3.8) is 0 Å². The van der Waals surface area contributed by atoms with Crippen LogP contribution in [0.15, 0.2) is 24.3 Å². The zero-order valence-corrected chi connectivity index (χ0v) is 18.5. The minimum Gasteiger partial charge on any atom is -0.377 e. The molecule has 1 aliphatic heterocycles. The summed E-state index contributed by atoms with van der Waals surface area (Å²) < 4.78 is 5.10. The van der Waals surface area contributed by atoms with Gasteiger partial charge in [0.05, 0.1) is 11.5 Å². The van der Waals surface area contributed by atoms with Crippen molar-refractivity contribution in [2.75, 3.05) is 12.4 Å². The third-order valence-corrected chi connectivity index (χ3v) is 7.28. The molecule has 0 saturated heterocycles. The number of amides is 2. The van der Waals surface area contributed by atoms with E-state index in [0.29, 0.717) is 22.3 Å². The van der Waals surface area contributed by atoms with E-state index in [2.05, 4.69) is 29.4 Å². The quantitative estimate of drug-likeness (QED) is 0.752. The average molecular weight is 429 g/mol. The summed E-state index contributed by atoms with van der Waals surface area (Å²) in [4.78, 5) is 29.2. The van der Waals surface area contributed by atoms with Gasteiger partial charge in [0.2, 0.25) is 11.0 Å². The van der Waals surface area contributed by atoms with Gasteiger partial charge in [-0.1, -0.05) is 49.3 Å². The van der Waals surface area contributed by atoms with Crippen molar-refractivity contribution in [3.05, 3.63) is 40.4 Å². The smallest absolute Gasteiger partial charge is 0.254 e. The maximum atomic E-state index is 13.7. The summed E-state index contributed by atoms with van der Waals surface area (Å²) in [5, 5.41) is 12.3. The molecule has 1 fully saturated rings. The molecule has 0 radical (unpaired) electrons. The fraction of sp³-hybridized carbons (Fsp3) is 0.545. The predicted octanol–water partition coefficient (Wildman–Crippen LogP) is 3.97. The molecule has 160 valence electrons. The number of benzene rings is 1. The fourth-order valence-corrected chi connectivity index (χ4v) is 5.81. The van der Waals surface area contributed by atoms with E-state index in [1.54, 1.807) is 7.11 Å². The predicted molar refractivity (Wildman–Crippen MR) is 116 cm³/mol. The summed E-state index contributed by atoms with van der Waals surface area (Å²) in [6.45, 7) is 4.54. The molecule has 0 bridgehead atoms. The minimum atomic E-state index is -0.495. The first-order valence-electron chi connectivity index (χ1n) is 10.6. The van der Waals surface area contributed by atoms with Crippen molar-refractivity contribution in [2.24, 2.45) is 0 Å². The van der Waals surface area contributed by atoms with E-state index in [4.69, 9.17) is 4.74 Å². The Morgan fingerprint density at radius 3 is 2.77 bits per heavy atom. The number of nitrogens with one attached hydrogen (secondary N) is 1. The Morgan fingerprint density at radius 1 is 1.33 bits per heavy atom. The van der Waals surface area contributed by atoms with Crippen LogP contribution in [0.2, 0.25) is 0 Å². The standard InChI is InChI=1S/C22H28N4O3S/c1-4-14(2)26-20(28)16-10-6-5-9-15(16)18(22(26)11-7-8-12-22)19(27)23-21-25-24-17(30-21)13-29-3/h5-6,9-10,14,18H,4,7-8,11-13H2,1-3H3,(H,23,25,27)/t14-,18-/m1/s1. The SMILES string of the molecule is CC[C@@H](C)N1C(=O)c2ccccc2[C@H](C(=O)Nc2nnc(COC)s2)C12CCCC2. The van der Waals surface area contributed by atoms with E-state index in [1.807, 2.05) is 29.2 Å². The molecule has 1 N–H and O–H groups in total. The highest BCUT2D eigenvalue weighted by molar-refractivity contribution is 7.15. The number of carbonyl (C=O) groups excluding carboxylic acids is 2. The monoisotopic (exact) mass is 428 g/mol. The number of carbonyl (C=O) groups is 2. The van der Waals surface area contributed by atoms with E-state index in [-0.39, 0.29) is 17.9 Å². The lowest BCUT2D eigenvalue weighted by Crippen LogP contribution is -2.62. The van der Waals surface area contributed by atoms with E-state index in [0.717, 1.165) is 37.7 Å². The Balaban J connectivity index is 1.77. The molecule has 2 amide bonds. The van der Waals surface area contributed by atoms with Crippen molar-refractivity contribution < 1.29 is 14.3 Å².